The summed E-state index contributed by atoms with van der Waals surface area (Å²) in [6, 6.07) is 6.12. The molecule has 0 atom stereocenters. The van der Waals surface area contributed by atoms with Gasteiger partial charge in [0.05, 0.1) is 17.6 Å². The Hall–Kier alpha value is -2.83. The van der Waals surface area contributed by atoms with E-state index in [9.17, 15) is 9.59 Å². The Morgan fingerprint density at radius 2 is 1.95 bits per heavy atom. The van der Waals surface area contributed by atoms with Gasteiger partial charge in [0.1, 0.15) is 0 Å². The molecule has 0 aliphatic carbocycles. The van der Waals surface area contributed by atoms with E-state index in [1.807, 2.05) is 17.8 Å². The summed E-state index contributed by atoms with van der Waals surface area (Å²) >= 11 is 0. The number of hydrogen-bond acceptors (Lipinski definition) is 3. The molecule has 2 rings (SSSR count). The van der Waals surface area contributed by atoms with E-state index in [4.69, 9.17) is 5.11 Å². The first-order chi connectivity index (χ1) is 10.5. The second-order valence-electron chi connectivity index (χ2n) is 4.89. The smallest absolute Gasteiger partial charge is 0.335 e. The minimum absolute atomic E-state index is 0.226. The van der Waals surface area contributed by atoms with Crippen molar-refractivity contribution in [1.29, 1.82) is 0 Å². The van der Waals surface area contributed by atoms with Gasteiger partial charge in [0.2, 0.25) is 0 Å². The van der Waals surface area contributed by atoms with E-state index < -0.39 is 5.97 Å². The molecule has 1 aromatic heterocycles. The minimum atomic E-state index is -0.966. The maximum Gasteiger partial charge on any atom is 0.335 e. The number of imidazole rings is 1. The second-order valence-corrected chi connectivity index (χ2v) is 4.89. The summed E-state index contributed by atoms with van der Waals surface area (Å²) in [5, 5.41) is 14.3. The van der Waals surface area contributed by atoms with Crippen molar-refractivity contribution in [3.63, 3.8) is 0 Å². The van der Waals surface area contributed by atoms with Crippen LogP contribution in [0.15, 0.2) is 36.8 Å². The molecular weight excluding hydrogens is 284 g/mol. The first-order valence-corrected chi connectivity index (χ1v) is 6.85. The molecule has 0 aliphatic rings. The van der Waals surface area contributed by atoms with Crippen LogP contribution in [-0.2, 0) is 20.0 Å². The molecule has 7 nitrogen and oxygen atoms in total. The Kier molecular flexibility index (Phi) is 5.13. The molecule has 3 N–H and O–H groups in total. The van der Waals surface area contributed by atoms with Crippen molar-refractivity contribution < 1.29 is 14.7 Å². The number of aromatic nitrogens is 2. The van der Waals surface area contributed by atoms with E-state index in [0.29, 0.717) is 19.5 Å². The average molecular weight is 302 g/mol. The summed E-state index contributed by atoms with van der Waals surface area (Å²) < 4.78 is 1.86. The summed E-state index contributed by atoms with van der Waals surface area (Å²) in [6.07, 6.45) is 4.29. The van der Waals surface area contributed by atoms with Crippen LogP contribution in [0.1, 0.15) is 21.6 Å². The van der Waals surface area contributed by atoms with Gasteiger partial charge in [-0.05, 0) is 17.7 Å². The monoisotopic (exact) mass is 302 g/mol. The molecule has 0 fully saturated rings. The molecule has 7 heteroatoms. The summed E-state index contributed by atoms with van der Waals surface area (Å²) in [4.78, 5) is 26.5. The summed E-state index contributed by atoms with van der Waals surface area (Å²) in [5.74, 6) is -0.966. The van der Waals surface area contributed by atoms with Gasteiger partial charge < -0.3 is 20.3 Å². The topological polar surface area (TPSA) is 96.3 Å². The van der Waals surface area contributed by atoms with Gasteiger partial charge in [0, 0.05) is 32.8 Å². The number of nitrogens with one attached hydrogen (secondary N) is 2. The summed E-state index contributed by atoms with van der Waals surface area (Å²) in [6.45, 7) is 0.843. The Balaban J connectivity index is 1.69. The average Bonchev–Trinajstić information content (AvgIpc) is 2.91. The number of rotatable bonds is 6. The molecule has 0 radical (unpaired) electrons. The van der Waals surface area contributed by atoms with Gasteiger partial charge >= 0.3 is 12.0 Å². The Morgan fingerprint density at radius 1 is 1.23 bits per heavy atom. The number of carboxylic acid groups (broad SMARTS) is 1. The lowest BCUT2D eigenvalue weighted by molar-refractivity contribution is 0.0697. The highest BCUT2D eigenvalue weighted by molar-refractivity contribution is 5.87. The lowest BCUT2D eigenvalue weighted by atomic mass is 10.1. The lowest BCUT2D eigenvalue weighted by Gasteiger charge is -2.07. The van der Waals surface area contributed by atoms with Crippen LogP contribution in [0, 0.1) is 0 Å². The summed E-state index contributed by atoms with van der Waals surface area (Å²) in [5.41, 5.74) is 1.99. The van der Waals surface area contributed by atoms with Crippen LogP contribution in [0.4, 0.5) is 4.79 Å². The van der Waals surface area contributed by atoms with Crippen LogP contribution >= 0.6 is 0 Å². The van der Waals surface area contributed by atoms with E-state index in [0.717, 1.165) is 11.3 Å². The van der Waals surface area contributed by atoms with Crippen molar-refractivity contribution in [2.45, 2.75) is 13.0 Å². The van der Waals surface area contributed by atoms with Crippen LogP contribution < -0.4 is 10.6 Å². The highest BCUT2D eigenvalue weighted by Gasteiger charge is 2.04. The normalized spacial score (nSPS) is 10.2. The fourth-order valence-corrected chi connectivity index (χ4v) is 1.91. The van der Waals surface area contributed by atoms with E-state index in [-0.39, 0.29) is 11.6 Å². The van der Waals surface area contributed by atoms with Gasteiger partial charge in [-0.25, -0.2) is 14.6 Å². The van der Waals surface area contributed by atoms with E-state index in [1.165, 1.54) is 12.1 Å². The maximum absolute atomic E-state index is 11.6. The standard InChI is InChI=1S/C15H18N4O3/c1-19-9-13(18-10-19)6-7-16-15(22)17-8-11-2-4-12(5-3-11)14(20)21/h2-5,9-10H,6-8H2,1H3,(H,20,21)(H2,16,17,22). The van der Waals surface area contributed by atoms with Crippen molar-refractivity contribution in [2.24, 2.45) is 7.05 Å². The predicted octanol–water partition coefficient (Wildman–Crippen LogP) is 1.16. The van der Waals surface area contributed by atoms with Crippen molar-refractivity contribution in [3.05, 3.63) is 53.6 Å². The molecular formula is C15H18N4O3. The van der Waals surface area contributed by atoms with Crippen LogP contribution in [0.3, 0.4) is 0 Å². The number of amides is 2. The van der Waals surface area contributed by atoms with Gasteiger partial charge in [-0.2, -0.15) is 0 Å². The van der Waals surface area contributed by atoms with Gasteiger partial charge in [-0.15, -0.1) is 0 Å². The highest BCUT2D eigenvalue weighted by Crippen LogP contribution is 2.04. The molecule has 116 valence electrons. The lowest BCUT2D eigenvalue weighted by Crippen LogP contribution is -2.36. The number of aromatic carboxylic acids is 1. The SMILES string of the molecule is Cn1cnc(CCNC(=O)NCc2ccc(C(=O)O)cc2)c1. The zero-order valence-electron chi connectivity index (χ0n) is 12.2. The number of aryl methyl sites for hydroxylation is 1. The van der Waals surface area contributed by atoms with Gasteiger partial charge in [-0.1, -0.05) is 12.1 Å². The van der Waals surface area contributed by atoms with Crippen LogP contribution in [0.5, 0.6) is 0 Å². The first-order valence-electron chi connectivity index (χ1n) is 6.85. The molecule has 0 spiro atoms. The Bertz CT molecular complexity index is 649. The van der Waals surface area contributed by atoms with Crippen LogP contribution in [0.2, 0.25) is 0 Å². The fourth-order valence-electron chi connectivity index (χ4n) is 1.91. The third kappa shape index (κ3) is 4.62. The van der Waals surface area contributed by atoms with Crippen molar-refractivity contribution in [1.82, 2.24) is 20.2 Å². The van der Waals surface area contributed by atoms with Crippen molar-refractivity contribution >= 4 is 12.0 Å². The van der Waals surface area contributed by atoms with E-state index in [2.05, 4.69) is 15.6 Å². The van der Waals surface area contributed by atoms with Crippen LogP contribution in [0.25, 0.3) is 0 Å². The number of benzene rings is 1. The molecule has 2 aromatic rings. The second kappa shape index (κ2) is 7.26. The van der Waals surface area contributed by atoms with Crippen LogP contribution in [-0.4, -0.2) is 33.2 Å². The molecule has 1 heterocycles. The highest BCUT2D eigenvalue weighted by atomic mass is 16.4. The third-order valence-corrected chi connectivity index (χ3v) is 3.08. The van der Waals surface area contributed by atoms with Gasteiger partial charge in [0.15, 0.2) is 0 Å². The Labute approximate surface area is 128 Å². The fraction of sp³-hybridized carbons (Fsp3) is 0.267. The summed E-state index contributed by atoms with van der Waals surface area (Å²) in [7, 11) is 1.90. The molecule has 2 amide bonds. The molecule has 0 unspecified atom stereocenters. The molecule has 0 saturated carbocycles. The van der Waals surface area contributed by atoms with E-state index in [1.54, 1.807) is 18.5 Å². The first kappa shape index (κ1) is 15.6. The number of nitrogens with zero attached hydrogens (tertiary/aromatic N) is 2. The quantitative estimate of drug-likeness (QED) is 0.746. The predicted molar refractivity (Wildman–Crippen MR) is 80.6 cm³/mol. The molecule has 0 bridgehead atoms. The van der Waals surface area contributed by atoms with Gasteiger partial charge in [0.25, 0.3) is 0 Å². The van der Waals surface area contributed by atoms with E-state index >= 15 is 0 Å². The van der Waals surface area contributed by atoms with Gasteiger partial charge in [-0.3, -0.25) is 0 Å². The largest absolute Gasteiger partial charge is 0.478 e. The number of urea groups is 1. The molecule has 22 heavy (non-hydrogen) atoms. The molecule has 0 saturated heterocycles. The molecule has 0 aliphatic heterocycles. The molecule has 1 aromatic carbocycles. The maximum atomic E-state index is 11.6. The zero-order valence-corrected chi connectivity index (χ0v) is 12.2. The minimum Gasteiger partial charge on any atom is -0.478 e. The number of carbonyl (C=O) groups is 2. The van der Waals surface area contributed by atoms with Crippen molar-refractivity contribution in [3.8, 4) is 0 Å². The Morgan fingerprint density at radius 3 is 2.55 bits per heavy atom. The number of hydrogen-bond donors (Lipinski definition) is 3. The third-order valence-electron chi connectivity index (χ3n) is 3.08. The zero-order chi connectivity index (χ0) is 15.9. The number of carbonyl (C=O) groups excluding carboxylic acids is 1. The number of carboxylic acids is 1. The van der Waals surface area contributed by atoms with Crippen molar-refractivity contribution in [2.75, 3.05) is 6.54 Å².